The lowest BCUT2D eigenvalue weighted by Crippen LogP contribution is -2.44. The Morgan fingerprint density at radius 3 is 2.52 bits per heavy atom. The maximum atomic E-state index is 12.5. The average Bonchev–Trinajstić information content (AvgIpc) is 2.88. The molecule has 29 heavy (non-hydrogen) atoms. The molecule has 1 aliphatic heterocycles. The first-order valence-electron chi connectivity index (χ1n) is 9.84. The maximum absolute atomic E-state index is 12.5. The number of halogens is 1. The van der Waals surface area contributed by atoms with Gasteiger partial charge in [0.2, 0.25) is 10.0 Å². The van der Waals surface area contributed by atoms with Crippen molar-refractivity contribution in [2.24, 2.45) is 12.0 Å². The molecule has 0 radical (unpaired) electrons. The SMILES string of the molecule is CCNC(=NCCS(=O)(=O)N1CCSCC1)NC(C)Cc1c(C)nn(C)c1C.I. The monoisotopic (exact) mass is 558 g/mol. The molecule has 1 unspecified atom stereocenters. The van der Waals surface area contributed by atoms with Gasteiger partial charge in [0.1, 0.15) is 0 Å². The third kappa shape index (κ3) is 7.91. The van der Waals surface area contributed by atoms with Gasteiger partial charge in [0, 0.05) is 49.9 Å². The summed E-state index contributed by atoms with van der Waals surface area (Å²) in [4.78, 5) is 4.49. The average molecular weight is 559 g/mol. The molecule has 0 bridgehead atoms. The lowest BCUT2D eigenvalue weighted by Gasteiger charge is -2.25. The molecule has 1 aromatic heterocycles. The molecule has 1 aromatic rings. The third-order valence-electron chi connectivity index (χ3n) is 4.88. The molecule has 0 aromatic carbocycles. The molecule has 0 saturated carbocycles. The minimum atomic E-state index is -3.23. The second kappa shape index (κ2) is 12.4. The lowest BCUT2D eigenvalue weighted by molar-refractivity contribution is 0.444. The summed E-state index contributed by atoms with van der Waals surface area (Å²) in [6.45, 7) is 10.4. The van der Waals surface area contributed by atoms with Gasteiger partial charge >= 0.3 is 0 Å². The summed E-state index contributed by atoms with van der Waals surface area (Å²) < 4.78 is 28.4. The highest BCUT2D eigenvalue weighted by Gasteiger charge is 2.23. The number of aryl methyl sites for hydroxylation is 2. The smallest absolute Gasteiger partial charge is 0.215 e. The summed E-state index contributed by atoms with van der Waals surface area (Å²) in [6.07, 6.45) is 0.833. The van der Waals surface area contributed by atoms with E-state index in [0.29, 0.717) is 19.0 Å². The number of aromatic nitrogens is 2. The molecule has 8 nitrogen and oxygen atoms in total. The molecule has 0 amide bonds. The van der Waals surface area contributed by atoms with E-state index in [1.807, 2.05) is 25.6 Å². The first-order valence-corrected chi connectivity index (χ1v) is 12.6. The highest BCUT2D eigenvalue weighted by Crippen LogP contribution is 2.14. The van der Waals surface area contributed by atoms with Crippen LogP contribution in [-0.4, -0.2) is 77.9 Å². The van der Waals surface area contributed by atoms with Crippen molar-refractivity contribution in [1.29, 1.82) is 0 Å². The molecule has 11 heteroatoms. The van der Waals surface area contributed by atoms with Crippen molar-refractivity contribution < 1.29 is 8.42 Å². The summed E-state index contributed by atoms with van der Waals surface area (Å²) in [5.74, 6) is 2.44. The van der Waals surface area contributed by atoms with Crippen molar-refractivity contribution in [3.05, 3.63) is 17.0 Å². The molecule has 2 N–H and O–H groups in total. The fourth-order valence-corrected chi connectivity index (χ4v) is 5.70. The topological polar surface area (TPSA) is 91.6 Å². The molecular formula is C18H35IN6O2S2. The summed E-state index contributed by atoms with van der Waals surface area (Å²) in [6, 6.07) is 0.148. The van der Waals surface area contributed by atoms with Crippen LogP contribution in [0.3, 0.4) is 0 Å². The molecular weight excluding hydrogens is 523 g/mol. The molecule has 2 heterocycles. The minimum absolute atomic E-state index is 0. The zero-order valence-electron chi connectivity index (χ0n) is 18.1. The van der Waals surface area contributed by atoms with Gasteiger partial charge in [-0.2, -0.15) is 16.9 Å². The van der Waals surface area contributed by atoms with Gasteiger partial charge in [-0.05, 0) is 39.7 Å². The number of nitrogens with zero attached hydrogens (tertiary/aromatic N) is 4. The fourth-order valence-electron chi connectivity index (χ4n) is 3.25. The summed E-state index contributed by atoms with van der Waals surface area (Å²) in [5, 5.41) is 11.1. The van der Waals surface area contributed by atoms with E-state index in [0.717, 1.165) is 30.2 Å². The second-order valence-electron chi connectivity index (χ2n) is 7.11. The first-order chi connectivity index (χ1) is 13.2. The molecule has 1 fully saturated rings. The number of thioether (sulfide) groups is 1. The van der Waals surface area contributed by atoms with Crippen LogP contribution in [0.4, 0.5) is 0 Å². The van der Waals surface area contributed by atoms with Crippen LogP contribution in [0.15, 0.2) is 4.99 Å². The normalized spacial score (nSPS) is 16.9. The van der Waals surface area contributed by atoms with Crippen LogP contribution < -0.4 is 10.6 Å². The van der Waals surface area contributed by atoms with Gasteiger partial charge in [-0.15, -0.1) is 24.0 Å². The van der Waals surface area contributed by atoms with Crippen LogP contribution in [0.25, 0.3) is 0 Å². The van der Waals surface area contributed by atoms with E-state index in [-0.39, 0.29) is 42.3 Å². The Morgan fingerprint density at radius 2 is 1.97 bits per heavy atom. The van der Waals surface area contributed by atoms with Crippen molar-refractivity contribution in [3.63, 3.8) is 0 Å². The number of nitrogens with one attached hydrogen (secondary N) is 2. The Morgan fingerprint density at radius 1 is 1.31 bits per heavy atom. The zero-order valence-corrected chi connectivity index (χ0v) is 22.0. The van der Waals surface area contributed by atoms with Gasteiger partial charge in [0.05, 0.1) is 18.0 Å². The van der Waals surface area contributed by atoms with Gasteiger partial charge < -0.3 is 10.6 Å². The minimum Gasteiger partial charge on any atom is -0.357 e. The van der Waals surface area contributed by atoms with Crippen LogP contribution in [0.2, 0.25) is 0 Å². The lowest BCUT2D eigenvalue weighted by atomic mass is 10.1. The van der Waals surface area contributed by atoms with Crippen LogP contribution >= 0.6 is 35.7 Å². The van der Waals surface area contributed by atoms with Gasteiger partial charge in [0.25, 0.3) is 0 Å². The Kier molecular flexibility index (Phi) is 11.3. The van der Waals surface area contributed by atoms with E-state index >= 15 is 0 Å². The summed E-state index contributed by atoms with van der Waals surface area (Å²) in [5.41, 5.74) is 3.45. The van der Waals surface area contributed by atoms with Crippen molar-refractivity contribution in [1.82, 2.24) is 24.7 Å². The highest BCUT2D eigenvalue weighted by atomic mass is 127. The predicted octanol–water partition coefficient (Wildman–Crippen LogP) is 1.52. The number of hydrogen-bond donors (Lipinski definition) is 2. The Hall–Kier alpha value is -0.530. The van der Waals surface area contributed by atoms with Crippen molar-refractivity contribution in [2.45, 2.75) is 40.2 Å². The molecule has 0 aliphatic carbocycles. The predicted molar refractivity (Wildman–Crippen MR) is 133 cm³/mol. The number of sulfonamides is 1. The summed E-state index contributed by atoms with van der Waals surface area (Å²) >= 11 is 1.80. The first kappa shape index (κ1) is 26.5. The van der Waals surface area contributed by atoms with Crippen LogP contribution in [0.1, 0.15) is 30.8 Å². The van der Waals surface area contributed by atoms with E-state index in [9.17, 15) is 8.42 Å². The van der Waals surface area contributed by atoms with E-state index < -0.39 is 10.0 Å². The molecule has 1 aliphatic rings. The molecule has 1 atom stereocenters. The van der Waals surface area contributed by atoms with Crippen LogP contribution in [0, 0.1) is 13.8 Å². The van der Waals surface area contributed by atoms with Gasteiger partial charge in [-0.1, -0.05) is 0 Å². The molecule has 0 spiro atoms. The van der Waals surface area contributed by atoms with Crippen molar-refractivity contribution in [2.75, 3.05) is 43.4 Å². The van der Waals surface area contributed by atoms with Gasteiger partial charge in [0.15, 0.2) is 5.96 Å². The number of hydrogen-bond acceptors (Lipinski definition) is 5. The van der Waals surface area contributed by atoms with Gasteiger partial charge in [-0.25, -0.2) is 12.7 Å². The zero-order chi connectivity index (χ0) is 20.7. The fraction of sp³-hybridized carbons (Fsp3) is 0.778. The number of aliphatic imine (C=N–C) groups is 1. The van der Waals surface area contributed by atoms with E-state index in [1.165, 1.54) is 11.3 Å². The van der Waals surface area contributed by atoms with E-state index in [2.05, 4.69) is 34.6 Å². The Bertz CT molecular complexity index is 776. The standard InChI is InChI=1S/C18H34N6O2S2.HI/c1-6-19-18(20-7-12-28(25,26)24-8-10-27-11-9-24)21-14(2)13-17-15(3)22-23(5)16(17)4;/h14H,6-13H2,1-5H3,(H2,19,20,21);1H. The van der Waals surface area contributed by atoms with Crippen LogP contribution in [-0.2, 0) is 23.5 Å². The largest absolute Gasteiger partial charge is 0.357 e. The Labute approximate surface area is 196 Å². The molecule has 1 saturated heterocycles. The molecule has 168 valence electrons. The van der Waals surface area contributed by atoms with E-state index in [1.54, 1.807) is 16.1 Å². The van der Waals surface area contributed by atoms with Crippen molar-refractivity contribution in [3.8, 4) is 0 Å². The third-order valence-corrected chi connectivity index (χ3v) is 7.67. The number of rotatable bonds is 8. The van der Waals surface area contributed by atoms with E-state index in [4.69, 9.17) is 0 Å². The van der Waals surface area contributed by atoms with Crippen molar-refractivity contribution >= 4 is 51.7 Å². The highest BCUT2D eigenvalue weighted by molar-refractivity contribution is 14.0. The molecule has 2 rings (SSSR count). The quantitative estimate of drug-likeness (QED) is 0.286. The Balaban J connectivity index is 0.00000420. The van der Waals surface area contributed by atoms with Crippen LogP contribution in [0.5, 0.6) is 0 Å². The second-order valence-corrected chi connectivity index (χ2v) is 10.4. The van der Waals surface area contributed by atoms with Gasteiger partial charge in [-0.3, -0.25) is 9.67 Å². The maximum Gasteiger partial charge on any atom is 0.215 e. The summed E-state index contributed by atoms with van der Waals surface area (Å²) in [7, 11) is -1.28. The number of guanidine groups is 1.